The van der Waals surface area contributed by atoms with E-state index in [2.05, 4.69) is 32.5 Å². The zero-order valence-corrected chi connectivity index (χ0v) is 14.1. The molecule has 0 spiro atoms. The first-order valence-corrected chi connectivity index (χ1v) is 7.91. The molecule has 0 aromatic carbocycles. The minimum Gasteiger partial charge on any atom is -0.444 e. The monoisotopic (exact) mass is 336 g/mol. The van der Waals surface area contributed by atoms with Crippen molar-refractivity contribution in [1.82, 2.24) is 24.9 Å². The first-order chi connectivity index (χ1) is 12.3. The smallest absolute Gasteiger partial charge is 0.227 e. The van der Waals surface area contributed by atoms with E-state index in [0.29, 0.717) is 11.7 Å². The summed E-state index contributed by atoms with van der Waals surface area (Å²) >= 11 is 0. The van der Waals surface area contributed by atoms with Crippen LogP contribution in [0.2, 0.25) is 0 Å². The molecule has 7 heteroatoms. The SMILES string of the molecule is C/C=C\C(C=C/C=C/NC)c1c(-c2ncco2)cn2ncnc(N)c12. The second-order valence-corrected chi connectivity index (χ2v) is 5.32. The van der Waals surface area contributed by atoms with Gasteiger partial charge >= 0.3 is 0 Å². The van der Waals surface area contributed by atoms with Gasteiger partial charge in [0.1, 0.15) is 18.1 Å². The van der Waals surface area contributed by atoms with Crippen LogP contribution in [-0.2, 0) is 0 Å². The molecule has 0 aliphatic carbocycles. The minimum atomic E-state index is -0.0355. The molecule has 0 bridgehead atoms. The van der Waals surface area contributed by atoms with E-state index < -0.39 is 0 Å². The number of anilines is 1. The second-order valence-electron chi connectivity index (χ2n) is 5.32. The number of nitrogen functional groups attached to an aromatic ring is 1. The first kappa shape index (κ1) is 16.5. The Kier molecular flexibility index (Phi) is 4.94. The first-order valence-electron chi connectivity index (χ1n) is 7.91. The molecule has 25 heavy (non-hydrogen) atoms. The van der Waals surface area contributed by atoms with Gasteiger partial charge in [-0.1, -0.05) is 24.3 Å². The fraction of sp³-hybridized carbons (Fsp3) is 0.167. The van der Waals surface area contributed by atoms with Crippen molar-refractivity contribution in [3.05, 3.63) is 67.1 Å². The van der Waals surface area contributed by atoms with Crippen molar-refractivity contribution in [3.8, 4) is 11.5 Å². The van der Waals surface area contributed by atoms with Crippen molar-refractivity contribution < 1.29 is 4.42 Å². The highest BCUT2D eigenvalue weighted by molar-refractivity contribution is 5.81. The molecule has 3 aromatic heterocycles. The topological polar surface area (TPSA) is 94.3 Å². The summed E-state index contributed by atoms with van der Waals surface area (Å²) in [5.41, 5.74) is 8.68. The average molecular weight is 336 g/mol. The number of allylic oxidation sites excluding steroid dienone is 5. The number of nitrogens with zero attached hydrogens (tertiary/aromatic N) is 4. The lowest BCUT2D eigenvalue weighted by molar-refractivity contribution is 0.574. The fourth-order valence-electron chi connectivity index (χ4n) is 2.72. The number of aromatic nitrogens is 4. The molecule has 0 amide bonds. The predicted octanol–water partition coefficient (Wildman–Crippen LogP) is 2.92. The van der Waals surface area contributed by atoms with Gasteiger partial charge in [0, 0.05) is 24.7 Å². The van der Waals surface area contributed by atoms with Crippen molar-refractivity contribution in [2.45, 2.75) is 12.8 Å². The van der Waals surface area contributed by atoms with Crippen molar-refractivity contribution >= 4 is 11.3 Å². The Morgan fingerprint density at radius 3 is 2.88 bits per heavy atom. The van der Waals surface area contributed by atoms with E-state index in [1.165, 1.54) is 6.33 Å². The molecule has 1 atom stereocenters. The summed E-state index contributed by atoms with van der Waals surface area (Å²) in [6, 6.07) is 0. The maximum atomic E-state index is 6.14. The van der Waals surface area contributed by atoms with Crippen molar-refractivity contribution in [2.75, 3.05) is 12.8 Å². The maximum absolute atomic E-state index is 6.14. The third kappa shape index (κ3) is 3.30. The molecule has 1 unspecified atom stereocenters. The van der Waals surface area contributed by atoms with Crippen LogP contribution >= 0.6 is 0 Å². The Morgan fingerprint density at radius 1 is 1.28 bits per heavy atom. The average Bonchev–Trinajstić information content (AvgIpc) is 3.25. The summed E-state index contributed by atoms with van der Waals surface area (Å²) in [5, 5.41) is 7.23. The standard InChI is InChI=1S/C18H20N6O/c1-3-6-13(7-4-5-8-20-2)15-14(18-21-9-10-25-18)11-24-16(15)17(19)22-12-23-24/h3-13,20H,1-2H3,(H2,19,22,23)/b6-3-,7-4?,8-5+. The highest BCUT2D eigenvalue weighted by atomic mass is 16.3. The molecule has 3 aromatic rings. The molecule has 7 nitrogen and oxygen atoms in total. The normalized spacial score (nSPS) is 13.5. The molecule has 0 saturated heterocycles. The Hall–Kier alpha value is -3.35. The van der Waals surface area contributed by atoms with E-state index >= 15 is 0 Å². The Balaban J connectivity index is 2.22. The van der Waals surface area contributed by atoms with Crippen molar-refractivity contribution in [2.24, 2.45) is 0 Å². The van der Waals surface area contributed by atoms with Gasteiger partial charge in [-0.15, -0.1) is 0 Å². The van der Waals surface area contributed by atoms with Gasteiger partial charge in [-0.05, 0) is 19.2 Å². The molecule has 3 N–H and O–H groups in total. The van der Waals surface area contributed by atoms with Crippen LogP contribution in [0.25, 0.3) is 17.0 Å². The van der Waals surface area contributed by atoms with Gasteiger partial charge in [-0.3, -0.25) is 0 Å². The second kappa shape index (κ2) is 7.48. The maximum Gasteiger partial charge on any atom is 0.227 e. The highest BCUT2D eigenvalue weighted by Gasteiger charge is 2.22. The molecule has 0 aliphatic heterocycles. The number of hydrogen-bond donors (Lipinski definition) is 2. The highest BCUT2D eigenvalue weighted by Crippen LogP contribution is 2.36. The van der Waals surface area contributed by atoms with E-state index in [1.807, 2.05) is 44.6 Å². The van der Waals surface area contributed by atoms with Gasteiger partial charge in [0.25, 0.3) is 0 Å². The number of hydrogen-bond acceptors (Lipinski definition) is 6. The quantitative estimate of drug-likeness (QED) is 0.531. The Bertz CT molecular complexity index is 921. The third-order valence-electron chi connectivity index (χ3n) is 3.73. The van der Waals surface area contributed by atoms with Crippen LogP contribution in [0.4, 0.5) is 5.82 Å². The molecule has 3 heterocycles. The van der Waals surface area contributed by atoms with E-state index in [1.54, 1.807) is 17.0 Å². The van der Waals surface area contributed by atoms with Crippen LogP contribution in [0.1, 0.15) is 18.4 Å². The van der Waals surface area contributed by atoms with Crippen LogP contribution in [0.3, 0.4) is 0 Å². The summed E-state index contributed by atoms with van der Waals surface area (Å²) in [4.78, 5) is 8.42. The number of fused-ring (bicyclic) bond motifs is 1. The lowest BCUT2D eigenvalue weighted by Crippen LogP contribution is -2.01. The number of oxazole rings is 1. The molecular formula is C18H20N6O. The lowest BCUT2D eigenvalue weighted by atomic mass is 9.95. The van der Waals surface area contributed by atoms with Crippen LogP contribution in [-0.4, -0.2) is 26.6 Å². The number of nitrogens with two attached hydrogens (primary N) is 1. The summed E-state index contributed by atoms with van der Waals surface area (Å²) in [5.74, 6) is 0.900. The van der Waals surface area contributed by atoms with Gasteiger partial charge < -0.3 is 15.5 Å². The van der Waals surface area contributed by atoms with Crippen molar-refractivity contribution in [3.63, 3.8) is 0 Å². The number of rotatable bonds is 6. The molecule has 0 radical (unpaired) electrons. The van der Waals surface area contributed by atoms with Crippen LogP contribution in [0.5, 0.6) is 0 Å². The zero-order valence-electron chi connectivity index (χ0n) is 14.1. The molecule has 3 rings (SSSR count). The minimum absolute atomic E-state index is 0.0355. The zero-order chi connectivity index (χ0) is 17.6. The third-order valence-corrected chi connectivity index (χ3v) is 3.73. The lowest BCUT2D eigenvalue weighted by Gasteiger charge is -2.10. The molecule has 0 saturated carbocycles. The van der Waals surface area contributed by atoms with Crippen LogP contribution < -0.4 is 11.1 Å². The van der Waals surface area contributed by atoms with Crippen molar-refractivity contribution in [1.29, 1.82) is 0 Å². The van der Waals surface area contributed by atoms with E-state index in [9.17, 15) is 0 Å². The van der Waals surface area contributed by atoms with Gasteiger partial charge in [0.2, 0.25) is 5.89 Å². The number of nitrogens with one attached hydrogen (secondary N) is 1. The van der Waals surface area contributed by atoms with Crippen LogP contribution in [0.15, 0.2) is 66.0 Å². The molecule has 128 valence electrons. The Labute approximate surface area is 145 Å². The van der Waals surface area contributed by atoms with Gasteiger partial charge in [0.05, 0.1) is 11.8 Å². The largest absolute Gasteiger partial charge is 0.444 e. The van der Waals surface area contributed by atoms with E-state index in [-0.39, 0.29) is 5.92 Å². The van der Waals surface area contributed by atoms with E-state index in [4.69, 9.17) is 10.2 Å². The van der Waals surface area contributed by atoms with E-state index in [0.717, 1.165) is 16.6 Å². The molecule has 0 aliphatic rings. The summed E-state index contributed by atoms with van der Waals surface area (Å²) < 4.78 is 7.23. The summed E-state index contributed by atoms with van der Waals surface area (Å²) in [6.45, 7) is 1.98. The van der Waals surface area contributed by atoms with Gasteiger partial charge in [0.15, 0.2) is 5.82 Å². The summed E-state index contributed by atoms with van der Waals surface area (Å²) in [6.07, 6.45) is 18.4. The van der Waals surface area contributed by atoms with Gasteiger partial charge in [-0.25, -0.2) is 14.5 Å². The molecular weight excluding hydrogens is 316 g/mol. The van der Waals surface area contributed by atoms with Crippen LogP contribution in [0, 0.1) is 0 Å². The summed E-state index contributed by atoms with van der Waals surface area (Å²) in [7, 11) is 1.85. The predicted molar refractivity (Wildman–Crippen MR) is 97.8 cm³/mol. The Morgan fingerprint density at radius 2 is 2.16 bits per heavy atom. The fourth-order valence-corrected chi connectivity index (χ4v) is 2.72. The van der Waals surface area contributed by atoms with Gasteiger partial charge in [-0.2, -0.15) is 5.10 Å². The molecule has 0 fully saturated rings.